The fourth-order valence-electron chi connectivity index (χ4n) is 2.65. The van der Waals surface area contributed by atoms with Gasteiger partial charge in [0.15, 0.2) is 5.78 Å². The average molecular weight is 307 g/mol. The minimum absolute atomic E-state index is 0.0585. The number of amides is 1. The van der Waals surface area contributed by atoms with Crippen molar-refractivity contribution >= 4 is 11.7 Å². The zero-order valence-corrected chi connectivity index (χ0v) is 12.5. The molecule has 0 radical (unpaired) electrons. The Kier molecular flexibility index (Phi) is 4.47. The number of nitrogens with zero attached hydrogens (tertiary/aromatic N) is 1. The first-order chi connectivity index (χ1) is 11.2. The first-order valence-electron chi connectivity index (χ1n) is 7.47. The van der Waals surface area contributed by atoms with E-state index in [2.05, 4.69) is 15.8 Å². The van der Waals surface area contributed by atoms with Gasteiger partial charge in [0, 0.05) is 30.6 Å². The minimum atomic E-state index is -0.284. The molecule has 1 aromatic carbocycles. The summed E-state index contributed by atoms with van der Waals surface area (Å²) < 4.78 is 0. The lowest BCUT2D eigenvalue weighted by Gasteiger charge is -2.23. The molecule has 116 valence electrons. The first kappa shape index (κ1) is 15.0. The van der Waals surface area contributed by atoms with Crippen LogP contribution in [0.5, 0.6) is 0 Å². The predicted molar refractivity (Wildman–Crippen MR) is 86.3 cm³/mol. The summed E-state index contributed by atoms with van der Waals surface area (Å²) in [4.78, 5) is 27.8. The fourth-order valence-corrected chi connectivity index (χ4v) is 2.65. The van der Waals surface area contributed by atoms with E-state index in [1.54, 1.807) is 24.4 Å². The molecule has 1 aromatic heterocycles. The number of pyridine rings is 1. The van der Waals surface area contributed by atoms with Gasteiger partial charge in [-0.1, -0.05) is 30.3 Å². The lowest BCUT2D eigenvalue weighted by molar-refractivity contribution is -0.115. The van der Waals surface area contributed by atoms with Crippen molar-refractivity contribution in [2.24, 2.45) is 0 Å². The molecule has 1 heterocycles. The molecule has 3 rings (SSSR count). The lowest BCUT2D eigenvalue weighted by atomic mass is 9.86. The van der Waals surface area contributed by atoms with Crippen molar-refractivity contribution in [1.82, 2.24) is 15.8 Å². The number of hydrogen-bond acceptors (Lipinski definition) is 4. The molecule has 0 unspecified atom stereocenters. The maximum atomic E-state index is 12.0. The summed E-state index contributed by atoms with van der Waals surface area (Å²) in [6.45, 7) is 0. The Balaban J connectivity index is 1.64. The molecule has 1 atom stereocenters. The van der Waals surface area contributed by atoms with Gasteiger partial charge in [-0.25, -0.2) is 0 Å². The highest BCUT2D eigenvalue weighted by Crippen LogP contribution is 2.29. The van der Waals surface area contributed by atoms with Crippen LogP contribution < -0.4 is 10.9 Å². The van der Waals surface area contributed by atoms with Crippen molar-refractivity contribution in [1.29, 1.82) is 0 Å². The lowest BCUT2D eigenvalue weighted by Crippen LogP contribution is -2.38. The van der Waals surface area contributed by atoms with Crippen molar-refractivity contribution in [2.75, 3.05) is 0 Å². The van der Waals surface area contributed by atoms with Gasteiger partial charge in [0.25, 0.3) is 5.91 Å². The van der Waals surface area contributed by atoms with E-state index in [9.17, 15) is 9.59 Å². The Morgan fingerprint density at radius 2 is 1.91 bits per heavy atom. The zero-order valence-electron chi connectivity index (χ0n) is 12.5. The summed E-state index contributed by atoms with van der Waals surface area (Å²) in [6, 6.07) is 13.3. The number of hydrogen-bond donors (Lipinski definition) is 2. The molecule has 0 fully saturated rings. The van der Waals surface area contributed by atoms with Gasteiger partial charge in [0.2, 0.25) is 0 Å². The zero-order chi connectivity index (χ0) is 16.1. The molecule has 1 aliphatic rings. The second-order valence-corrected chi connectivity index (χ2v) is 5.47. The molecule has 1 amide bonds. The van der Waals surface area contributed by atoms with E-state index >= 15 is 0 Å². The van der Waals surface area contributed by atoms with E-state index < -0.39 is 0 Å². The molecular formula is C18H17N3O2. The molecule has 1 aliphatic carbocycles. The first-order valence-corrected chi connectivity index (χ1v) is 7.47. The summed E-state index contributed by atoms with van der Waals surface area (Å²) in [5.41, 5.74) is 7.78. The number of carbonyl (C=O) groups is 2. The third-order valence-corrected chi connectivity index (χ3v) is 3.78. The van der Waals surface area contributed by atoms with Crippen LogP contribution in [0, 0.1) is 0 Å². The second kappa shape index (κ2) is 6.87. The van der Waals surface area contributed by atoms with E-state index in [-0.39, 0.29) is 17.6 Å². The average Bonchev–Trinajstić information content (AvgIpc) is 2.61. The number of hydrazine groups is 1. The highest BCUT2D eigenvalue weighted by Gasteiger charge is 2.22. The molecule has 0 bridgehead atoms. The fraction of sp³-hybridized carbons (Fsp3) is 0.167. The Bertz CT molecular complexity index is 726. The van der Waals surface area contributed by atoms with Gasteiger partial charge >= 0.3 is 0 Å². The summed E-state index contributed by atoms with van der Waals surface area (Å²) in [7, 11) is 0. The second-order valence-electron chi connectivity index (χ2n) is 5.47. The Morgan fingerprint density at radius 1 is 1.09 bits per heavy atom. The number of rotatable bonds is 4. The Hall–Kier alpha value is -2.95. The molecular weight excluding hydrogens is 290 g/mol. The van der Waals surface area contributed by atoms with E-state index in [0.717, 1.165) is 5.56 Å². The number of carbonyl (C=O) groups excluding carboxylic acids is 2. The molecule has 5 nitrogen and oxygen atoms in total. The Labute approximate surface area is 134 Å². The van der Waals surface area contributed by atoms with Crippen LogP contribution in [-0.2, 0) is 4.79 Å². The van der Waals surface area contributed by atoms with Crippen molar-refractivity contribution in [3.63, 3.8) is 0 Å². The van der Waals surface area contributed by atoms with E-state index in [1.807, 2.05) is 30.3 Å². The molecule has 0 aliphatic heterocycles. The molecule has 5 heteroatoms. The van der Waals surface area contributed by atoms with E-state index in [0.29, 0.717) is 24.1 Å². The monoisotopic (exact) mass is 307 g/mol. The van der Waals surface area contributed by atoms with Crippen LogP contribution in [0.1, 0.15) is 34.7 Å². The number of nitrogens with one attached hydrogen (secondary N) is 2. The van der Waals surface area contributed by atoms with Crippen molar-refractivity contribution in [3.05, 3.63) is 77.8 Å². The van der Waals surface area contributed by atoms with Crippen molar-refractivity contribution in [2.45, 2.75) is 18.8 Å². The van der Waals surface area contributed by atoms with Crippen LogP contribution in [-0.4, -0.2) is 16.7 Å². The SMILES string of the molecule is O=C1C=C(NNC(=O)c2cccnc2)C[C@H](c2ccccc2)C1. The number of allylic oxidation sites excluding steroid dienone is 2. The maximum Gasteiger partial charge on any atom is 0.271 e. The largest absolute Gasteiger partial charge is 0.302 e. The van der Waals surface area contributed by atoms with Gasteiger partial charge in [0.05, 0.1) is 5.56 Å². The smallest absolute Gasteiger partial charge is 0.271 e. The topological polar surface area (TPSA) is 71.1 Å². The van der Waals surface area contributed by atoms with Gasteiger partial charge in [-0.15, -0.1) is 0 Å². The third kappa shape index (κ3) is 3.83. The molecule has 0 saturated heterocycles. The van der Waals surface area contributed by atoms with Gasteiger partial charge in [-0.3, -0.25) is 20.0 Å². The quantitative estimate of drug-likeness (QED) is 0.851. The van der Waals surface area contributed by atoms with Crippen LogP contribution in [0.25, 0.3) is 0 Å². The maximum absolute atomic E-state index is 12.0. The number of aromatic nitrogens is 1. The van der Waals surface area contributed by atoms with Crippen molar-refractivity contribution in [3.8, 4) is 0 Å². The molecule has 23 heavy (non-hydrogen) atoms. The van der Waals surface area contributed by atoms with Gasteiger partial charge in [-0.05, 0) is 30.0 Å². The number of ketones is 1. The van der Waals surface area contributed by atoms with Gasteiger partial charge < -0.3 is 5.43 Å². The molecule has 2 aromatic rings. The predicted octanol–water partition coefficient (Wildman–Crippen LogP) is 2.35. The summed E-state index contributed by atoms with van der Waals surface area (Å²) in [5, 5.41) is 0. The highest BCUT2D eigenvalue weighted by atomic mass is 16.2. The van der Waals surface area contributed by atoms with Gasteiger partial charge in [-0.2, -0.15) is 0 Å². The molecule has 0 spiro atoms. The summed E-state index contributed by atoms with van der Waals surface area (Å²) >= 11 is 0. The molecule has 0 saturated carbocycles. The summed E-state index contributed by atoms with van der Waals surface area (Å²) in [6.07, 6.45) is 5.83. The van der Waals surface area contributed by atoms with Crippen LogP contribution in [0.15, 0.2) is 66.6 Å². The van der Waals surface area contributed by atoms with Crippen molar-refractivity contribution < 1.29 is 9.59 Å². The van der Waals surface area contributed by atoms with Crippen LogP contribution in [0.4, 0.5) is 0 Å². The normalized spacial score (nSPS) is 17.3. The Morgan fingerprint density at radius 3 is 2.65 bits per heavy atom. The minimum Gasteiger partial charge on any atom is -0.302 e. The number of benzene rings is 1. The van der Waals surface area contributed by atoms with Crippen LogP contribution in [0.3, 0.4) is 0 Å². The molecule has 2 N–H and O–H groups in total. The van der Waals surface area contributed by atoms with Crippen LogP contribution in [0.2, 0.25) is 0 Å². The highest BCUT2D eigenvalue weighted by molar-refractivity contribution is 5.94. The standard InChI is InChI=1S/C18H17N3O2/c22-17-10-15(13-5-2-1-3-6-13)9-16(11-17)20-21-18(23)14-7-4-8-19-12-14/h1-8,11-12,15,20H,9-10H2,(H,21,23)/t15-/m0/s1. The van der Waals surface area contributed by atoms with Crippen LogP contribution >= 0.6 is 0 Å². The van der Waals surface area contributed by atoms with Gasteiger partial charge in [0.1, 0.15) is 0 Å². The third-order valence-electron chi connectivity index (χ3n) is 3.78. The summed E-state index contributed by atoms with van der Waals surface area (Å²) in [5.74, 6) is -0.0944. The van der Waals surface area contributed by atoms with E-state index in [1.165, 1.54) is 6.20 Å². The van der Waals surface area contributed by atoms with E-state index in [4.69, 9.17) is 0 Å².